The maximum absolute atomic E-state index is 11.7. The van der Waals surface area contributed by atoms with E-state index in [-0.39, 0.29) is 10.5 Å². The first-order chi connectivity index (χ1) is 7.86. The van der Waals surface area contributed by atoms with Crippen LogP contribution in [0.2, 0.25) is 0 Å². The first-order valence-corrected chi connectivity index (χ1v) is 6.39. The SMILES string of the molecule is CNS(=O)(=O)c1cc2oc(=O)n(C)c2cc1C. The number of hydrogen-bond acceptors (Lipinski definition) is 4. The van der Waals surface area contributed by atoms with Crippen LogP contribution in [-0.4, -0.2) is 20.0 Å². The fourth-order valence-corrected chi connectivity index (χ4v) is 2.62. The summed E-state index contributed by atoms with van der Waals surface area (Å²) in [7, 11) is -0.642. The van der Waals surface area contributed by atoms with E-state index >= 15 is 0 Å². The summed E-state index contributed by atoms with van der Waals surface area (Å²) in [5.41, 5.74) is 1.39. The first kappa shape index (κ1) is 11.9. The van der Waals surface area contributed by atoms with Gasteiger partial charge < -0.3 is 4.42 Å². The molecule has 0 aliphatic heterocycles. The normalized spacial score (nSPS) is 12.2. The first-order valence-electron chi connectivity index (χ1n) is 4.90. The van der Waals surface area contributed by atoms with Crippen LogP contribution >= 0.6 is 0 Å². The number of hydrogen-bond donors (Lipinski definition) is 1. The molecular formula is C10H12N2O4S. The average molecular weight is 256 g/mol. The molecule has 0 bridgehead atoms. The Labute approximate surface area is 97.9 Å². The molecule has 2 rings (SSSR count). The van der Waals surface area contributed by atoms with Gasteiger partial charge in [-0.2, -0.15) is 0 Å². The Hall–Kier alpha value is -1.60. The van der Waals surface area contributed by atoms with Crippen LogP contribution in [0.5, 0.6) is 0 Å². The number of rotatable bonds is 2. The Morgan fingerprint density at radius 1 is 1.35 bits per heavy atom. The number of benzene rings is 1. The third-order valence-corrected chi connectivity index (χ3v) is 4.20. The molecule has 0 aliphatic rings. The van der Waals surface area contributed by atoms with E-state index in [9.17, 15) is 13.2 Å². The molecule has 17 heavy (non-hydrogen) atoms. The van der Waals surface area contributed by atoms with Crippen molar-refractivity contribution >= 4 is 21.1 Å². The lowest BCUT2D eigenvalue weighted by Crippen LogP contribution is -2.19. The second kappa shape index (κ2) is 3.71. The molecule has 2 aromatic rings. The molecule has 0 radical (unpaired) electrons. The molecule has 6 nitrogen and oxygen atoms in total. The maximum atomic E-state index is 11.7. The van der Waals surface area contributed by atoms with E-state index in [1.54, 1.807) is 20.0 Å². The highest BCUT2D eigenvalue weighted by Crippen LogP contribution is 2.22. The highest BCUT2D eigenvalue weighted by atomic mass is 32.2. The van der Waals surface area contributed by atoms with Gasteiger partial charge in [0.1, 0.15) is 0 Å². The van der Waals surface area contributed by atoms with Gasteiger partial charge in [0.25, 0.3) is 0 Å². The maximum Gasteiger partial charge on any atom is 0.419 e. The molecule has 0 unspecified atom stereocenters. The highest BCUT2D eigenvalue weighted by Gasteiger charge is 2.18. The van der Waals surface area contributed by atoms with Crippen molar-refractivity contribution in [1.29, 1.82) is 0 Å². The van der Waals surface area contributed by atoms with Crippen LogP contribution < -0.4 is 10.5 Å². The van der Waals surface area contributed by atoms with Gasteiger partial charge in [0.05, 0.1) is 10.4 Å². The fourth-order valence-electron chi connectivity index (χ4n) is 1.66. The zero-order chi connectivity index (χ0) is 12.8. The van der Waals surface area contributed by atoms with E-state index in [0.29, 0.717) is 11.1 Å². The number of fused-ring (bicyclic) bond motifs is 1. The van der Waals surface area contributed by atoms with Gasteiger partial charge in [0, 0.05) is 13.1 Å². The Morgan fingerprint density at radius 2 is 2.00 bits per heavy atom. The minimum Gasteiger partial charge on any atom is -0.408 e. The zero-order valence-electron chi connectivity index (χ0n) is 9.64. The second-order valence-electron chi connectivity index (χ2n) is 3.72. The quantitative estimate of drug-likeness (QED) is 0.840. The molecule has 0 aliphatic carbocycles. The largest absolute Gasteiger partial charge is 0.419 e. The van der Waals surface area contributed by atoms with Crippen molar-refractivity contribution in [2.75, 3.05) is 7.05 Å². The topological polar surface area (TPSA) is 81.3 Å². The van der Waals surface area contributed by atoms with Crippen molar-refractivity contribution < 1.29 is 12.8 Å². The number of oxazole rings is 1. The van der Waals surface area contributed by atoms with Crippen molar-refractivity contribution in [1.82, 2.24) is 9.29 Å². The van der Waals surface area contributed by atoms with Crippen molar-refractivity contribution in [3.8, 4) is 0 Å². The van der Waals surface area contributed by atoms with Crippen molar-refractivity contribution in [2.45, 2.75) is 11.8 Å². The zero-order valence-corrected chi connectivity index (χ0v) is 10.5. The molecule has 7 heteroatoms. The lowest BCUT2D eigenvalue weighted by atomic mass is 10.2. The van der Waals surface area contributed by atoms with Crippen LogP contribution in [0, 0.1) is 6.92 Å². The molecule has 92 valence electrons. The number of sulfonamides is 1. The number of aryl methyl sites for hydroxylation is 2. The summed E-state index contributed by atoms with van der Waals surface area (Å²) in [6.45, 7) is 1.67. The summed E-state index contributed by atoms with van der Waals surface area (Å²) in [6, 6.07) is 2.97. The van der Waals surface area contributed by atoms with E-state index < -0.39 is 15.8 Å². The Kier molecular flexibility index (Phi) is 2.59. The lowest BCUT2D eigenvalue weighted by Gasteiger charge is -2.05. The molecule has 1 aromatic heterocycles. The van der Waals surface area contributed by atoms with Crippen molar-refractivity contribution in [2.24, 2.45) is 7.05 Å². The van der Waals surface area contributed by atoms with E-state index in [1.165, 1.54) is 17.7 Å². The number of aromatic nitrogens is 1. The van der Waals surface area contributed by atoms with E-state index in [4.69, 9.17) is 4.42 Å². The molecule has 0 saturated heterocycles. The summed E-state index contributed by atoms with van der Waals surface area (Å²) in [5.74, 6) is -0.515. The van der Waals surface area contributed by atoms with Gasteiger partial charge in [-0.1, -0.05) is 0 Å². The van der Waals surface area contributed by atoms with Gasteiger partial charge in [0.15, 0.2) is 5.58 Å². The van der Waals surface area contributed by atoms with Gasteiger partial charge in [-0.25, -0.2) is 17.9 Å². The monoisotopic (exact) mass is 256 g/mol. The smallest absolute Gasteiger partial charge is 0.408 e. The van der Waals surface area contributed by atoms with Gasteiger partial charge in [0.2, 0.25) is 10.0 Å². The van der Waals surface area contributed by atoms with Gasteiger partial charge in [-0.3, -0.25) is 4.57 Å². The Balaban J connectivity index is 2.86. The van der Waals surface area contributed by atoms with Gasteiger partial charge in [-0.15, -0.1) is 0 Å². The van der Waals surface area contributed by atoms with Crippen molar-refractivity contribution in [3.05, 3.63) is 28.2 Å². The van der Waals surface area contributed by atoms with Crippen LogP contribution in [0.4, 0.5) is 0 Å². The third-order valence-electron chi connectivity index (χ3n) is 2.65. The molecule has 1 heterocycles. The third kappa shape index (κ3) is 1.77. The van der Waals surface area contributed by atoms with Crippen LogP contribution in [0.15, 0.2) is 26.2 Å². The lowest BCUT2D eigenvalue weighted by molar-refractivity contribution is 0.527. The molecule has 1 N–H and O–H groups in total. The Bertz CT molecular complexity index is 739. The number of nitrogens with one attached hydrogen (secondary N) is 1. The second-order valence-corrected chi connectivity index (χ2v) is 5.57. The summed E-state index contributed by atoms with van der Waals surface area (Å²) in [6.07, 6.45) is 0. The van der Waals surface area contributed by atoms with E-state index in [0.717, 1.165) is 0 Å². The van der Waals surface area contributed by atoms with Crippen LogP contribution in [0.1, 0.15) is 5.56 Å². The minimum absolute atomic E-state index is 0.113. The fraction of sp³-hybridized carbons (Fsp3) is 0.300. The predicted octanol–water partition coefficient (Wildman–Crippen LogP) is 0.348. The van der Waals surface area contributed by atoms with Gasteiger partial charge in [-0.05, 0) is 25.6 Å². The van der Waals surface area contributed by atoms with Crippen LogP contribution in [0.3, 0.4) is 0 Å². The number of nitrogens with zero attached hydrogens (tertiary/aromatic N) is 1. The van der Waals surface area contributed by atoms with Crippen LogP contribution in [-0.2, 0) is 17.1 Å². The molecule has 1 aromatic carbocycles. The summed E-state index contributed by atoms with van der Waals surface area (Å²) in [5, 5.41) is 0. The summed E-state index contributed by atoms with van der Waals surface area (Å²) < 4.78 is 31.9. The molecule has 0 atom stereocenters. The summed E-state index contributed by atoms with van der Waals surface area (Å²) >= 11 is 0. The van der Waals surface area contributed by atoms with Crippen molar-refractivity contribution in [3.63, 3.8) is 0 Å². The highest BCUT2D eigenvalue weighted by molar-refractivity contribution is 7.89. The standard InChI is InChI=1S/C10H12N2O4S/c1-6-4-7-8(16-10(13)12(7)3)5-9(6)17(14,15)11-2/h4-5,11H,1-3H3. The molecular weight excluding hydrogens is 244 g/mol. The predicted molar refractivity (Wildman–Crippen MR) is 62.4 cm³/mol. The van der Waals surface area contributed by atoms with Crippen LogP contribution in [0.25, 0.3) is 11.1 Å². The molecule has 0 fully saturated rings. The molecule has 0 spiro atoms. The Morgan fingerprint density at radius 3 is 2.59 bits per heavy atom. The van der Waals surface area contributed by atoms with E-state index in [1.807, 2.05) is 0 Å². The molecule has 0 amide bonds. The van der Waals surface area contributed by atoms with Gasteiger partial charge >= 0.3 is 5.76 Å². The minimum atomic E-state index is -3.55. The molecule has 0 saturated carbocycles. The van der Waals surface area contributed by atoms with E-state index in [2.05, 4.69) is 4.72 Å². The summed E-state index contributed by atoms with van der Waals surface area (Å²) in [4.78, 5) is 11.4. The average Bonchev–Trinajstić information content (AvgIpc) is 2.54.